The maximum absolute atomic E-state index is 13.1. The molecule has 3 aromatic rings. The first kappa shape index (κ1) is 9.21. The number of rotatable bonds is 0. The molecule has 0 atom stereocenters. The van der Waals surface area contributed by atoms with Crippen molar-refractivity contribution in [2.75, 3.05) is 0 Å². The summed E-state index contributed by atoms with van der Waals surface area (Å²) in [5.41, 5.74) is 2.30. The lowest BCUT2D eigenvalue weighted by Gasteiger charge is -1.98. The van der Waals surface area contributed by atoms with Crippen LogP contribution >= 0.6 is 0 Å². The Labute approximate surface area is 91.3 Å². The van der Waals surface area contributed by atoms with Gasteiger partial charge in [0.15, 0.2) is 0 Å². The molecule has 3 heteroatoms. The Bertz CT molecular complexity index is 700. The lowest BCUT2D eigenvalue weighted by molar-refractivity contribution is 0.476. The molecule has 0 bridgehead atoms. The highest BCUT2D eigenvalue weighted by atomic mass is 19.1. The Kier molecular flexibility index (Phi) is 1.72. The van der Waals surface area contributed by atoms with Gasteiger partial charge < -0.3 is 10.1 Å². The summed E-state index contributed by atoms with van der Waals surface area (Å²) >= 11 is 0. The van der Waals surface area contributed by atoms with Gasteiger partial charge in [0.25, 0.3) is 0 Å². The number of aromatic hydroxyl groups is 1. The van der Waals surface area contributed by atoms with E-state index in [0.29, 0.717) is 5.52 Å². The predicted octanol–water partition coefficient (Wildman–Crippen LogP) is 3.47. The van der Waals surface area contributed by atoms with E-state index in [1.165, 1.54) is 12.1 Å². The van der Waals surface area contributed by atoms with Crippen molar-refractivity contribution in [3.8, 4) is 5.75 Å². The quantitative estimate of drug-likeness (QED) is 0.591. The van der Waals surface area contributed by atoms with Gasteiger partial charge in [0.1, 0.15) is 11.6 Å². The standard InChI is InChI=1S/C13H10FNO/c1-7-2-4-9-10-6-8(14)3-5-11(10)15-12(9)13(7)16/h2-6,15-16H,1H3. The van der Waals surface area contributed by atoms with Crippen LogP contribution in [0.2, 0.25) is 0 Å². The Morgan fingerprint density at radius 2 is 1.94 bits per heavy atom. The molecule has 0 saturated heterocycles. The van der Waals surface area contributed by atoms with Crippen molar-refractivity contribution in [3.63, 3.8) is 0 Å². The number of benzene rings is 2. The summed E-state index contributed by atoms with van der Waals surface area (Å²) < 4.78 is 13.1. The van der Waals surface area contributed by atoms with E-state index in [2.05, 4.69) is 4.98 Å². The Balaban J connectivity index is 2.56. The molecule has 0 spiro atoms. The monoisotopic (exact) mass is 215 g/mol. The highest BCUT2D eigenvalue weighted by Crippen LogP contribution is 2.33. The first-order valence-electron chi connectivity index (χ1n) is 5.06. The van der Waals surface area contributed by atoms with Crippen molar-refractivity contribution in [1.82, 2.24) is 4.98 Å². The number of aryl methyl sites for hydroxylation is 1. The number of hydrogen-bond donors (Lipinski definition) is 2. The van der Waals surface area contributed by atoms with E-state index in [1.54, 1.807) is 6.07 Å². The molecule has 0 saturated carbocycles. The number of phenolic OH excluding ortho intramolecular Hbond substituents is 1. The molecule has 2 aromatic carbocycles. The molecule has 1 aromatic heterocycles. The van der Waals surface area contributed by atoms with Crippen LogP contribution in [-0.2, 0) is 0 Å². The second kappa shape index (κ2) is 2.98. The van der Waals surface area contributed by atoms with E-state index < -0.39 is 0 Å². The predicted molar refractivity (Wildman–Crippen MR) is 62.2 cm³/mol. The molecule has 16 heavy (non-hydrogen) atoms. The molecule has 3 rings (SSSR count). The number of phenols is 1. The van der Waals surface area contributed by atoms with E-state index in [1.807, 2.05) is 19.1 Å². The van der Waals surface area contributed by atoms with Crippen LogP contribution in [0, 0.1) is 12.7 Å². The highest BCUT2D eigenvalue weighted by Gasteiger charge is 2.09. The minimum atomic E-state index is -0.270. The molecule has 0 radical (unpaired) electrons. The average molecular weight is 215 g/mol. The van der Waals surface area contributed by atoms with Gasteiger partial charge in [0, 0.05) is 16.3 Å². The smallest absolute Gasteiger partial charge is 0.142 e. The maximum Gasteiger partial charge on any atom is 0.142 e. The van der Waals surface area contributed by atoms with Gasteiger partial charge in [-0.2, -0.15) is 0 Å². The molecule has 0 unspecified atom stereocenters. The molecule has 0 aliphatic carbocycles. The summed E-state index contributed by atoms with van der Waals surface area (Å²) in [7, 11) is 0. The van der Waals surface area contributed by atoms with E-state index in [4.69, 9.17) is 0 Å². The fourth-order valence-electron chi connectivity index (χ4n) is 2.03. The summed E-state index contributed by atoms with van der Waals surface area (Å²) in [5.74, 6) is -0.0393. The number of aromatic nitrogens is 1. The Morgan fingerprint density at radius 3 is 2.75 bits per heavy atom. The highest BCUT2D eigenvalue weighted by molar-refractivity contribution is 6.09. The number of nitrogens with one attached hydrogen (secondary N) is 1. The first-order chi connectivity index (χ1) is 7.66. The summed E-state index contributed by atoms with van der Waals surface area (Å²) in [6.45, 7) is 1.83. The van der Waals surface area contributed by atoms with Crippen LogP contribution in [-0.4, -0.2) is 10.1 Å². The molecule has 0 aliphatic heterocycles. The van der Waals surface area contributed by atoms with Crippen LogP contribution in [0.1, 0.15) is 5.56 Å². The van der Waals surface area contributed by atoms with Gasteiger partial charge in [-0.25, -0.2) is 4.39 Å². The van der Waals surface area contributed by atoms with E-state index in [-0.39, 0.29) is 11.6 Å². The van der Waals surface area contributed by atoms with Gasteiger partial charge in [-0.3, -0.25) is 0 Å². The van der Waals surface area contributed by atoms with Crippen LogP contribution in [0.3, 0.4) is 0 Å². The van der Waals surface area contributed by atoms with Crippen molar-refractivity contribution in [1.29, 1.82) is 0 Å². The van der Waals surface area contributed by atoms with Crippen molar-refractivity contribution >= 4 is 21.8 Å². The van der Waals surface area contributed by atoms with Crippen molar-refractivity contribution in [3.05, 3.63) is 41.7 Å². The minimum Gasteiger partial charge on any atom is -0.505 e. The molecular formula is C13H10FNO. The minimum absolute atomic E-state index is 0.231. The lowest BCUT2D eigenvalue weighted by atomic mass is 10.1. The van der Waals surface area contributed by atoms with Gasteiger partial charge in [-0.1, -0.05) is 12.1 Å². The fourth-order valence-corrected chi connectivity index (χ4v) is 2.03. The molecular weight excluding hydrogens is 205 g/mol. The Hall–Kier alpha value is -2.03. The zero-order valence-corrected chi connectivity index (χ0v) is 8.71. The lowest BCUT2D eigenvalue weighted by Crippen LogP contribution is -1.75. The van der Waals surface area contributed by atoms with Crippen LogP contribution in [0.25, 0.3) is 21.8 Å². The second-order valence-corrected chi connectivity index (χ2v) is 3.97. The third kappa shape index (κ3) is 1.11. The van der Waals surface area contributed by atoms with Gasteiger partial charge in [0.05, 0.1) is 5.52 Å². The molecule has 0 fully saturated rings. The summed E-state index contributed by atoms with van der Waals surface area (Å²) in [4.78, 5) is 3.10. The van der Waals surface area contributed by atoms with Crippen LogP contribution < -0.4 is 0 Å². The molecule has 1 heterocycles. The average Bonchev–Trinajstić information content (AvgIpc) is 2.62. The molecule has 80 valence electrons. The third-order valence-corrected chi connectivity index (χ3v) is 2.91. The van der Waals surface area contributed by atoms with E-state index in [9.17, 15) is 9.50 Å². The van der Waals surface area contributed by atoms with Gasteiger partial charge in [-0.05, 0) is 30.7 Å². The van der Waals surface area contributed by atoms with Crippen LogP contribution in [0.5, 0.6) is 5.75 Å². The molecule has 2 nitrogen and oxygen atoms in total. The van der Waals surface area contributed by atoms with Crippen LogP contribution in [0.4, 0.5) is 4.39 Å². The normalized spacial score (nSPS) is 11.4. The van der Waals surface area contributed by atoms with Crippen molar-refractivity contribution in [2.45, 2.75) is 6.92 Å². The topological polar surface area (TPSA) is 36.0 Å². The summed E-state index contributed by atoms with van der Waals surface area (Å²) in [6, 6.07) is 8.28. The molecule has 0 amide bonds. The third-order valence-electron chi connectivity index (χ3n) is 2.91. The van der Waals surface area contributed by atoms with Gasteiger partial charge in [0.2, 0.25) is 0 Å². The summed E-state index contributed by atoms with van der Waals surface area (Å²) in [5, 5.41) is 11.5. The van der Waals surface area contributed by atoms with Gasteiger partial charge >= 0.3 is 0 Å². The number of H-pyrrole nitrogens is 1. The first-order valence-corrected chi connectivity index (χ1v) is 5.06. The van der Waals surface area contributed by atoms with E-state index >= 15 is 0 Å². The van der Waals surface area contributed by atoms with Crippen molar-refractivity contribution < 1.29 is 9.50 Å². The molecule has 0 aliphatic rings. The molecule has 2 N–H and O–H groups in total. The number of fused-ring (bicyclic) bond motifs is 3. The number of hydrogen-bond acceptors (Lipinski definition) is 1. The van der Waals surface area contributed by atoms with E-state index in [0.717, 1.165) is 21.9 Å². The fraction of sp³-hybridized carbons (Fsp3) is 0.0769. The zero-order chi connectivity index (χ0) is 11.3. The summed E-state index contributed by atoms with van der Waals surface area (Å²) in [6.07, 6.45) is 0. The SMILES string of the molecule is Cc1ccc2c([nH]c3ccc(F)cc32)c1O. The Morgan fingerprint density at radius 1 is 1.12 bits per heavy atom. The zero-order valence-electron chi connectivity index (χ0n) is 8.71. The van der Waals surface area contributed by atoms with Crippen LogP contribution in [0.15, 0.2) is 30.3 Å². The number of aromatic amines is 1. The maximum atomic E-state index is 13.1. The van der Waals surface area contributed by atoms with Gasteiger partial charge in [-0.15, -0.1) is 0 Å². The van der Waals surface area contributed by atoms with Crippen molar-refractivity contribution in [2.24, 2.45) is 0 Å². The largest absolute Gasteiger partial charge is 0.505 e. The second-order valence-electron chi connectivity index (χ2n) is 3.97. The number of halogens is 1.